The maximum absolute atomic E-state index is 11.9. The number of nitrogens with zero attached hydrogens (tertiary/aromatic N) is 1. The first-order chi connectivity index (χ1) is 11.5. The third-order valence-corrected chi connectivity index (χ3v) is 3.41. The minimum absolute atomic E-state index is 0.195. The van der Waals surface area contributed by atoms with E-state index in [0.717, 1.165) is 5.56 Å². The maximum atomic E-state index is 11.9. The van der Waals surface area contributed by atoms with Gasteiger partial charge in [0, 0.05) is 17.5 Å². The highest BCUT2D eigenvalue weighted by atomic mass is 35.5. The Morgan fingerprint density at radius 3 is 2.42 bits per heavy atom. The molecular formula is C18H12ClNO4. The first-order valence-corrected chi connectivity index (χ1v) is 7.46. The first-order valence-electron chi connectivity index (χ1n) is 7.08. The summed E-state index contributed by atoms with van der Waals surface area (Å²) in [4.78, 5) is 27.0. The van der Waals surface area contributed by atoms with Crippen LogP contribution in [0.15, 0.2) is 59.2 Å². The summed E-state index contributed by atoms with van der Waals surface area (Å²) in [7, 11) is 0. The van der Waals surface area contributed by atoms with Crippen LogP contribution in [0, 0.1) is 0 Å². The van der Waals surface area contributed by atoms with E-state index in [2.05, 4.69) is 4.99 Å². The standard InChI is InChI=1S/C18H12ClNO4/c1-11(21)23-15-8-2-12(3-9-15)10-16-18(22)24-17(20-16)13-4-6-14(19)7-5-13/h2-10H,1H3. The van der Waals surface area contributed by atoms with Gasteiger partial charge < -0.3 is 9.47 Å². The summed E-state index contributed by atoms with van der Waals surface area (Å²) in [5, 5.41) is 0.590. The highest BCUT2D eigenvalue weighted by molar-refractivity contribution is 6.30. The number of carbonyl (C=O) groups excluding carboxylic acids is 2. The van der Waals surface area contributed by atoms with E-state index in [1.807, 2.05) is 0 Å². The molecule has 6 heteroatoms. The molecule has 0 saturated carbocycles. The van der Waals surface area contributed by atoms with Crippen LogP contribution in [0.25, 0.3) is 6.08 Å². The summed E-state index contributed by atoms with van der Waals surface area (Å²) < 4.78 is 10.1. The molecule has 0 aromatic heterocycles. The van der Waals surface area contributed by atoms with Crippen LogP contribution >= 0.6 is 11.6 Å². The molecule has 2 aromatic rings. The third kappa shape index (κ3) is 3.70. The summed E-state index contributed by atoms with van der Waals surface area (Å²) >= 11 is 5.84. The van der Waals surface area contributed by atoms with Gasteiger partial charge in [-0.2, -0.15) is 0 Å². The molecule has 1 aliphatic rings. The van der Waals surface area contributed by atoms with Crippen LogP contribution in [0.5, 0.6) is 5.75 Å². The molecule has 0 atom stereocenters. The predicted molar refractivity (Wildman–Crippen MR) is 89.8 cm³/mol. The minimum atomic E-state index is -0.524. The smallest absolute Gasteiger partial charge is 0.363 e. The number of ether oxygens (including phenoxy) is 2. The van der Waals surface area contributed by atoms with Gasteiger partial charge in [-0.15, -0.1) is 0 Å². The maximum Gasteiger partial charge on any atom is 0.363 e. The molecule has 0 fully saturated rings. The molecule has 0 saturated heterocycles. The quantitative estimate of drug-likeness (QED) is 0.486. The fourth-order valence-corrected chi connectivity index (χ4v) is 2.21. The van der Waals surface area contributed by atoms with Crippen molar-refractivity contribution in [3.63, 3.8) is 0 Å². The summed E-state index contributed by atoms with van der Waals surface area (Å²) in [5.74, 6) is -0.245. The zero-order valence-electron chi connectivity index (χ0n) is 12.7. The number of carbonyl (C=O) groups is 2. The van der Waals surface area contributed by atoms with Crippen molar-refractivity contribution in [2.45, 2.75) is 6.92 Å². The number of hydrogen-bond donors (Lipinski definition) is 0. The van der Waals surface area contributed by atoms with Crippen LogP contribution in [0.2, 0.25) is 5.02 Å². The van der Waals surface area contributed by atoms with Crippen molar-refractivity contribution < 1.29 is 19.1 Å². The van der Waals surface area contributed by atoms with Crippen LogP contribution in [0.1, 0.15) is 18.1 Å². The topological polar surface area (TPSA) is 65.0 Å². The second kappa shape index (κ2) is 6.68. The normalized spacial score (nSPS) is 15.2. The lowest BCUT2D eigenvalue weighted by Gasteiger charge is -2.00. The van der Waals surface area contributed by atoms with Gasteiger partial charge in [-0.1, -0.05) is 23.7 Å². The van der Waals surface area contributed by atoms with Crippen LogP contribution in [0.4, 0.5) is 0 Å². The van der Waals surface area contributed by atoms with Crippen molar-refractivity contribution in [3.8, 4) is 5.75 Å². The number of rotatable bonds is 3. The molecule has 5 nitrogen and oxygen atoms in total. The van der Waals surface area contributed by atoms with Gasteiger partial charge in [0.05, 0.1) is 0 Å². The Morgan fingerprint density at radius 2 is 1.79 bits per heavy atom. The van der Waals surface area contributed by atoms with Crippen LogP contribution in [0.3, 0.4) is 0 Å². The summed E-state index contributed by atoms with van der Waals surface area (Å²) in [6, 6.07) is 13.6. The molecule has 0 aliphatic carbocycles. The van der Waals surface area contributed by atoms with Gasteiger partial charge in [-0.3, -0.25) is 4.79 Å². The van der Waals surface area contributed by atoms with E-state index in [9.17, 15) is 9.59 Å². The van der Waals surface area contributed by atoms with Gasteiger partial charge in [-0.05, 0) is 48.0 Å². The van der Waals surface area contributed by atoms with E-state index in [1.54, 1.807) is 54.6 Å². The fraction of sp³-hybridized carbons (Fsp3) is 0.0556. The Bertz CT molecular complexity index is 852. The number of aliphatic imine (C=N–C) groups is 1. The molecule has 0 bridgehead atoms. The molecular weight excluding hydrogens is 330 g/mol. The Balaban J connectivity index is 1.83. The van der Waals surface area contributed by atoms with E-state index in [1.165, 1.54) is 6.92 Å². The highest BCUT2D eigenvalue weighted by Gasteiger charge is 2.24. The molecule has 120 valence electrons. The lowest BCUT2D eigenvalue weighted by Crippen LogP contribution is -2.05. The Morgan fingerprint density at radius 1 is 1.12 bits per heavy atom. The SMILES string of the molecule is CC(=O)Oc1ccc(C=C2N=C(c3ccc(Cl)cc3)OC2=O)cc1. The molecule has 24 heavy (non-hydrogen) atoms. The minimum Gasteiger partial charge on any atom is -0.427 e. The number of esters is 2. The zero-order chi connectivity index (χ0) is 17.1. The largest absolute Gasteiger partial charge is 0.427 e. The Hall–Kier alpha value is -2.92. The van der Waals surface area contributed by atoms with E-state index in [0.29, 0.717) is 16.3 Å². The first kappa shape index (κ1) is 16.0. The molecule has 0 N–H and O–H groups in total. The van der Waals surface area contributed by atoms with Crippen molar-refractivity contribution in [1.29, 1.82) is 0 Å². The number of benzene rings is 2. The lowest BCUT2D eigenvalue weighted by molar-refractivity contribution is -0.132. The molecule has 3 rings (SSSR count). The molecule has 1 aliphatic heterocycles. The van der Waals surface area contributed by atoms with Crippen molar-refractivity contribution >= 4 is 35.5 Å². The molecule has 1 heterocycles. The van der Waals surface area contributed by atoms with E-state index < -0.39 is 11.9 Å². The third-order valence-electron chi connectivity index (χ3n) is 3.16. The van der Waals surface area contributed by atoms with Gasteiger partial charge in [0.2, 0.25) is 5.90 Å². The van der Waals surface area contributed by atoms with Crippen molar-refractivity contribution in [3.05, 3.63) is 70.4 Å². The van der Waals surface area contributed by atoms with Crippen LogP contribution < -0.4 is 4.74 Å². The van der Waals surface area contributed by atoms with Gasteiger partial charge in [-0.25, -0.2) is 9.79 Å². The fourth-order valence-electron chi connectivity index (χ4n) is 2.08. The number of halogens is 1. The van der Waals surface area contributed by atoms with Gasteiger partial charge in [0.15, 0.2) is 5.70 Å². The molecule has 0 spiro atoms. The summed E-state index contributed by atoms with van der Waals surface area (Å²) in [6.45, 7) is 1.33. The Labute approximate surface area is 143 Å². The van der Waals surface area contributed by atoms with E-state index in [4.69, 9.17) is 21.1 Å². The van der Waals surface area contributed by atoms with Crippen molar-refractivity contribution in [2.75, 3.05) is 0 Å². The lowest BCUT2D eigenvalue weighted by atomic mass is 10.2. The van der Waals surface area contributed by atoms with Crippen LogP contribution in [-0.4, -0.2) is 17.8 Å². The molecule has 0 amide bonds. The van der Waals surface area contributed by atoms with Crippen LogP contribution in [-0.2, 0) is 14.3 Å². The van der Waals surface area contributed by atoms with Crippen molar-refractivity contribution in [1.82, 2.24) is 0 Å². The second-order valence-corrected chi connectivity index (χ2v) is 5.44. The summed E-state index contributed by atoms with van der Waals surface area (Å²) in [5.41, 5.74) is 1.60. The number of hydrogen-bond acceptors (Lipinski definition) is 5. The predicted octanol–water partition coefficient (Wildman–Crippen LogP) is 3.61. The summed E-state index contributed by atoms with van der Waals surface area (Å²) in [6.07, 6.45) is 1.60. The monoisotopic (exact) mass is 341 g/mol. The van der Waals surface area contributed by atoms with Gasteiger partial charge >= 0.3 is 11.9 Å². The van der Waals surface area contributed by atoms with E-state index in [-0.39, 0.29) is 11.6 Å². The Kier molecular flexibility index (Phi) is 4.44. The highest BCUT2D eigenvalue weighted by Crippen LogP contribution is 2.21. The van der Waals surface area contributed by atoms with Crippen molar-refractivity contribution in [2.24, 2.45) is 4.99 Å². The van der Waals surface area contributed by atoms with Gasteiger partial charge in [0.25, 0.3) is 0 Å². The zero-order valence-corrected chi connectivity index (χ0v) is 13.4. The molecule has 2 aromatic carbocycles. The number of cyclic esters (lactones) is 1. The average Bonchev–Trinajstić information content (AvgIpc) is 2.90. The molecule has 0 unspecified atom stereocenters. The second-order valence-electron chi connectivity index (χ2n) is 5.01. The van der Waals surface area contributed by atoms with E-state index >= 15 is 0 Å². The van der Waals surface area contributed by atoms with Gasteiger partial charge in [0.1, 0.15) is 5.75 Å². The average molecular weight is 342 g/mol. The molecule has 0 radical (unpaired) electrons.